The molecular weight excluding hydrogens is 280 g/mol. The number of hydrogen-bond donors (Lipinski definition) is 1. The summed E-state index contributed by atoms with van der Waals surface area (Å²) in [6, 6.07) is 0.519. The second kappa shape index (κ2) is 6.76. The lowest BCUT2D eigenvalue weighted by molar-refractivity contribution is -0.00806. The maximum absolute atomic E-state index is 5.80. The van der Waals surface area contributed by atoms with Crippen LogP contribution in [0.4, 0.5) is 0 Å². The quantitative estimate of drug-likeness (QED) is 0.899. The highest BCUT2D eigenvalue weighted by Crippen LogP contribution is 2.34. The second-order valence-electron chi connectivity index (χ2n) is 7.75. The molecule has 2 rings (SSSR count). The highest BCUT2D eigenvalue weighted by atomic mass is 32.1. The molecule has 1 aliphatic heterocycles. The normalized spacial score (nSPS) is 23.7. The van der Waals surface area contributed by atoms with Gasteiger partial charge in [-0.2, -0.15) is 0 Å². The molecule has 1 fully saturated rings. The van der Waals surface area contributed by atoms with Crippen molar-refractivity contribution in [1.82, 2.24) is 10.3 Å². The molecule has 4 heteroatoms. The molecule has 3 nitrogen and oxygen atoms in total. The molecule has 1 aromatic heterocycles. The van der Waals surface area contributed by atoms with E-state index in [9.17, 15) is 0 Å². The van der Waals surface area contributed by atoms with E-state index in [1.807, 2.05) is 11.3 Å². The van der Waals surface area contributed by atoms with Crippen LogP contribution in [0, 0.1) is 5.41 Å². The van der Waals surface area contributed by atoms with Crippen molar-refractivity contribution in [2.24, 2.45) is 5.41 Å². The third kappa shape index (κ3) is 4.76. The Morgan fingerprint density at radius 1 is 1.43 bits per heavy atom. The summed E-state index contributed by atoms with van der Waals surface area (Å²) in [4.78, 5) is 4.88. The van der Waals surface area contributed by atoms with Gasteiger partial charge in [0.15, 0.2) is 0 Å². The van der Waals surface area contributed by atoms with E-state index in [-0.39, 0.29) is 10.8 Å². The lowest BCUT2D eigenvalue weighted by Crippen LogP contribution is -2.44. The highest BCUT2D eigenvalue weighted by molar-refractivity contribution is 7.09. The van der Waals surface area contributed by atoms with Crippen LogP contribution < -0.4 is 5.32 Å². The molecule has 1 atom stereocenters. The van der Waals surface area contributed by atoms with Gasteiger partial charge >= 0.3 is 0 Å². The molecule has 0 radical (unpaired) electrons. The Hall–Kier alpha value is -0.450. The van der Waals surface area contributed by atoms with Crippen molar-refractivity contribution in [1.29, 1.82) is 0 Å². The Bertz CT molecular complexity index is 442. The Balaban J connectivity index is 2.09. The zero-order chi connectivity index (χ0) is 15.5. The van der Waals surface area contributed by atoms with E-state index in [4.69, 9.17) is 9.72 Å². The largest absolute Gasteiger partial charge is 0.381 e. The van der Waals surface area contributed by atoms with Gasteiger partial charge in [0, 0.05) is 41.8 Å². The summed E-state index contributed by atoms with van der Waals surface area (Å²) in [6.07, 6.45) is 3.43. The molecule has 0 saturated carbocycles. The summed E-state index contributed by atoms with van der Waals surface area (Å²) in [5.74, 6) is 0. The first kappa shape index (κ1) is 16.9. The molecule has 1 saturated heterocycles. The maximum Gasteiger partial charge on any atom is 0.0935 e. The zero-order valence-corrected chi connectivity index (χ0v) is 15.0. The number of nitrogens with zero attached hydrogens (tertiary/aromatic N) is 1. The first-order chi connectivity index (χ1) is 9.81. The van der Waals surface area contributed by atoms with Crippen molar-refractivity contribution in [3.8, 4) is 0 Å². The molecule has 2 heterocycles. The Kier molecular flexibility index (Phi) is 5.44. The molecule has 21 heavy (non-hydrogen) atoms. The van der Waals surface area contributed by atoms with Crippen LogP contribution >= 0.6 is 11.3 Å². The van der Waals surface area contributed by atoms with Gasteiger partial charge in [-0.25, -0.2) is 4.98 Å². The van der Waals surface area contributed by atoms with Gasteiger partial charge < -0.3 is 10.1 Å². The van der Waals surface area contributed by atoms with Crippen LogP contribution in [0.25, 0.3) is 0 Å². The van der Waals surface area contributed by atoms with Crippen LogP contribution in [-0.2, 0) is 16.6 Å². The summed E-state index contributed by atoms with van der Waals surface area (Å²) in [5, 5.41) is 7.10. The number of nitrogens with one attached hydrogen (secondary N) is 1. The number of aromatic nitrogens is 1. The van der Waals surface area contributed by atoms with E-state index in [2.05, 4.69) is 45.3 Å². The SMILES string of the molecule is CC(C)NCC1(Cc2nc(C(C)(C)C)cs2)CCCOC1. The van der Waals surface area contributed by atoms with Crippen molar-refractivity contribution < 1.29 is 4.74 Å². The predicted octanol–water partition coefficient (Wildman–Crippen LogP) is 3.78. The smallest absolute Gasteiger partial charge is 0.0935 e. The fraction of sp³-hybridized carbons (Fsp3) is 0.824. The number of hydrogen-bond acceptors (Lipinski definition) is 4. The van der Waals surface area contributed by atoms with Gasteiger partial charge in [0.1, 0.15) is 0 Å². The van der Waals surface area contributed by atoms with Gasteiger partial charge in [0.2, 0.25) is 0 Å². The number of rotatable bonds is 5. The fourth-order valence-electron chi connectivity index (χ4n) is 2.73. The van der Waals surface area contributed by atoms with Crippen LogP contribution in [0.3, 0.4) is 0 Å². The van der Waals surface area contributed by atoms with Crippen LogP contribution in [0.1, 0.15) is 58.2 Å². The maximum atomic E-state index is 5.80. The van der Waals surface area contributed by atoms with Gasteiger partial charge in [-0.1, -0.05) is 34.6 Å². The number of thiazole rings is 1. The molecular formula is C17H30N2OS. The van der Waals surface area contributed by atoms with Crippen molar-refractivity contribution in [3.05, 3.63) is 16.1 Å². The Labute approximate surface area is 133 Å². The minimum atomic E-state index is 0.140. The molecule has 120 valence electrons. The van der Waals surface area contributed by atoms with E-state index in [0.717, 1.165) is 32.6 Å². The average molecular weight is 311 g/mol. The van der Waals surface area contributed by atoms with Crippen LogP contribution in [-0.4, -0.2) is 30.8 Å². The van der Waals surface area contributed by atoms with Gasteiger partial charge in [0.05, 0.1) is 17.3 Å². The van der Waals surface area contributed by atoms with Crippen LogP contribution in [0.2, 0.25) is 0 Å². The minimum absolute atomic E-state index is 0.140. The standard InChI is InChI=1S/C17H30N2OS/c1-13(2)18-11-17(7-6-8-20-12-17)9-15-19-14(10-21-15)16(3,4)5/h10,13,18H,6-9,11-12H2,1-5H3. The summed E-state index contributed by atoms with van der Waals surface area (Å²) in [7, 11) is 0. The van der Waals surface area contributed by atoms with E-state index in [1.165, 1.54) is 17.1 Å². The third-order valence-electron chi connectivity index (χ3n) is 4.14. The molecule has 1 aliphatic rings. The van der Waals surface area contributed by atoms with E-state index < -0.39 is 0 Å². The van der Waals surface area contributed by atoms with Crippen LogP contribution in [0.15, 0.2) is 5.38 Å². The average Bonchev–Trinajstić information content (AvgIpc) is 2.86. The molecule has 0 bridgehead atoms. The molecule has 0 amide bonds. The summed E-state index contributed by atoms with van der Waals surface area (Å²) in [5.41, 5.74) is 1.57. The Morgan fingerprint density at radius 2 is 2.19 bits per heavy atom. The van der Waals surface area contributed by atoms with Gasteiger partial charge in [-0.15, -0.1) is 11.3 Å². The lowest BCUT2D eigenvalue weighted by Gasteiger charge is -2.37. The monoisotopic (exact) mass is 310 g/mol. The summed E-state index contributed by atoms with van der Waals surface area (Å²) >= 11 is 1.81. The third-order valence-corrected chi connectivity index (χ3v) is 4.98. The van der Waals surface area contributed by atoms with Crippen molar-refractivity contribution >= 4 is 11.3 Å². The minimum Gasteiger partial charge on any atom is -0.381 e. The van der Waals surface area contributed by atoms with E-state index in [0.29, 0.717) is 6.04 Å². The first-order valence-corrected chi connectivity index (χ1v) is 8.95. The molecule has 1 unspecified atom stereocenters. The lowest BCUT2D eigenvalue weighted by atomic mass is 9.79. The zero-order valence-electron chi connectivity index (χ0n) is 14.2. The van der Waals surface area contributed by atoms with Gasteiger partial charge in [-0.05, 0) is 12.8 Å². The Morgan fingerprint density at radius 3 is 2.71 bits per heavy atom. The van der Waals surface area contributed by atoms with Crippen LogP contribution in [0.5, 0.6) is 0 Å². The fourth-order valence-corrected chi connectivity index (χ4v) is 3.92. The molecule has 0 aliphatic carbocycles. The molecule has 0 aromatic carbocycles. The van der Waals surface area contributed by atoms with Crippen molar-refractivity contribution in [2.75, 3.05) is 19.8 Å². The molecule has 0 spiro atoms. The van der Waals surface area contributed by atoms with Crippen molar-refractivity contribution in [2.45, 2.75) is 65.3 Å². The predicted molar refractivity (Wildman–Crippen MR) is 90.1 cm³/mol. The molecule has 1 aromatic rings. The summed E-state index contributed by atoms with van der Waals surface area (Å²) in [6.45, 7) is 13.9. The number of ether oxygens (including phenoxy) is 1. The first-order valence-electron chi connectivity index (χ1n) is 8.07. The van der Waals surface area contributed by atoms with E-state index in [1.54, 1.807) is 0 Å². The van der Waals surface area contributed by atoms with Gasteiger partial charge in [0.25, 0.3) is 0 Å². The highest BCUT2D eigenvalue weighted by Gasteiger charge is 2.34. The molecule has 1 N–H and O–H groups in total. The second-order valence-corrected chi connectivity index (χ2v) is 8.69. The topological polar surface area (TPSA) is 34.2 Å². The van der Waals surface area contributed by atoms with E-state index >= 15 is 0 Å². The van der Waals surface area contributed by atoms with Crippen molar-refractivity contribution in [3.63, 3.8) is 0 Å². The van der Waals surface area contributed by atoms with Gasteiger partial charge in [-0.3, -0.25) is 0 Å². The summed E-state index contributed by atoms with van der Waals surface area (Å²) < 4.78 is 5.80.